The van der Waals surface area contributed by atoms with E-state index in [1.807, 2.05) is 57.3 Å². The van der Waals surface area contributed by atoms with Gasteiger partial charge >= 0.3 is 0 Å². The summed E-state index contributed by atoms with van der Waals surface area (Å²) in [5.41, 5.74) is 3.44. The molecule has 1 aliphatic heterocycles. The molecule has 1 aliphatic rings. The van der Waals surface area contributed by atoms with Crippen LogP contribution in [0.15, 0.2) is 47.5 Å². The van der Waals surface area contributed by atoms with Crippen LogP contribution in [-0.2, 0) is 21.4 Å². The summed E-state index contributed by atoms with van der Waals surface area (Å²) in [6.07, 6.45) is 0.706. The molecule has 3 aromatic rings. The van der Waals surface area contributed by atoms with Gasteiger partial charge in [0.05, 0.1) is 10.8 Å². The maximum atomic E-state index is 13.7. The van der Waals surface area contributed by atoms with Gasteiger partial charge in [0.25, 0.3) is 0 Å². The summed E-state index contributed by atoms with van der Waals surface area (Å²) in [6.45, 7) is 5.56. The van der Waals surface area contributed by atoms with Gasteiger partial charge in [0.1, 0.15) is 6.04 Å². The van der Waals surface area contributed by atoms with Crippen LogP contribution in [0.2, 0.25) is 5.02 Å². The topological polar surface area (TPSA) is 63.6 Å². The van der Waals surface area contributed by atoms with Crippen molar-refractivity contribution in [1.82, 2.24) is 9.88 Å². The third-order valence-electron chi connectivity index (χ3n) is 5.86. The highest BCUT2D eigenvalue weighted by Crippen LogP contribution is 2.44. The highest BCUT2D eigenvalue weighted by Gasteiger charge is 2.40. The number of para-hydroxylation sites is 1. The number of nitrogens with one attached hydrogen (secondary N) is 1. The lowest BCUT2D eigenvalue weighted by Crippen LogP contribution is -2.44. The fourth-order valence-electron chi connectivity index (χ4n) is 4.35. The molecule has 1 N–H and O–H groups in total. The number of aromatic nitrogens is 1. The van der Waals surface area contributed by atoms with E-state index in [1.165, 1.54) is 11.8 Å². The van der Waals surface area contributed by atoms with E-state index >= 15 is 0 Å². The Labute approximate surface area is 203 Å². The van der Waals surface area contributed by atoms with Crippen LogP contribution in [0.25, 0.3) is 10.9 Å². The predicted octanol–water partition coefficient (Wildman–Crippen LogP) is 4.86. The Morgan fingerprint density at radius 1 is 1.27 bits per heavy atom. The quantitative estimate of drug-likeness (QED) is 0.485. The molecule has 8 heteroatoms. The molecule has 0 radical (unpaired) electrons. The predicted molar refractivity (Wildman–Crippen MR) is 134 cm³/mol. The first-order valence-corrected chi connectivity index (χ1v) is 12.4. The highest BCUT2D eigenvalue weighted by atomic mass is 35.5. The number of carbonyl (C=O) groups excluding carboxylic acids is 2. The van der Waals surface area contributed by atoms with Gasteiger partial charge in [0.15, 0.2) is 0 Å². The van der Waals surface area contributed by atoms with Gasteiger partial charge in [-0.25, -0.2) is 0 Å². The number of thioether (sulfide) groups is 1. The summed E-state index contributed by atoms with van der Waals surface area (Å²) in [7, 11) is 1.99. The van der Waals surface area contributed by atoms with Crippen LogP contribution in [0.4, 0.5) is 5.69 Å². The Morgan fingerprint density at radius 2 is 2.06 bits per heavy atom. The number of aryl methyl sites for hydroxylation is 2. The van der Waals surface area contributed by atoms with Crippen molar-refractivity contribution in [3.8, 4) is 0 Å². The normalized spacial score (nSPS) is 16.1. The van der Waals surface area contributed by atoms with E-state index in [0.717, 1.165) is 27.1 Å². The molecule has 2 amide bonds. The Morgan fingerprint density at radius 3 is 2.82 bits per heavy atom. The first kappa shape index (κ1) is 23.7. The Kier molecular flexibility index (Phi) is 7.32. The van der Waals surface area contributed by atoms with E-state index in [1.54, 1.807) is 11.0 Å². The lowest BCUT2D eigenvalue weighted by Gasteiger charge is -2.31. The summed E-state index contributed by atoms with van der Waals surface area (Å²) in [6, 6.07) is 12.6. The highest BCUT2D eigenvalue weighted by molar-refractivity contribution is 8.00. The van der Waals surface area contributed by atoms with Crippen molar-refractivity contribution in [2.45, 2.75) is 31.3 Å². The molecule has 1 aromatic heterocycles. The lowest BCUT2D eigenvalue weighted by molar-refractivity contribution is -0.125. The number of hydrogen-bond donors (Lipinski definition) is 1. The summed E-state index contributed by atoms with van der Waals surface area (Å²) in [5, 5.41) is 5.55. The van der Waals surface area contributed by atoms with Crippen molar-refractivity contribution < 1.29 is 14.3 Å². The molecule has 0 aliphatic carbocycles. The summed E-state index contributed by atoms with van der Waals surface area (Å²) in [4.78, 5) is 28.8. The van der Waals surface area contributed by atoms with Crippen LogP contribution in [0.5, 0.6) is 0 Å². The average Bonchev–Trinajstić information content (AvgIpc) is 2.97. The number of anilines is 1. The van der Waals surface area contributed by atoms with Crippen molar-refractivity contribution in [3.63, 3.8) is 0 Å². The maximum absolute atomic E-state index is 13.7. The molecule has 0 unspecified atom stereocenters. The maximum Gasteiger partial charge on any atom is 0.247 e. The van der Waals surface area contributed by atoms with Crippen molar-refractivity contribution in [2.24, 2.45) is 7.05 Å². The van der Waals surface area contributed by atoms with Crippen molar-refractivity contribution in [1.29, 1.82) is 0 Å². The molecule has 0 bridgehead atoms. The van der Waals surface area contributed by atoms with Gasteiger partial charge in [-0.15, -0.1) is 0 Å². The van der Waals surface area contributed by atoms with Crippen LogP contribution >= 0.6 is 23.4 Å². The summed E-state index contributed by atoms with van der Waals surface area (Å²) >= 11 is 7.67. The number of rotatable bonds is 7. The molecule has 4 rings (SSSR count). The number of hydrogen-bond acceptors (Lipinski definition) is 4. The molecule has 33 heavy (non-hydrogen) atoms. The van der Waals surface area contributed by atoms with Gasteiger partial charge in [-0.05, 0) is 50.1 Å². The van der Waals surface area contributed by atoms with Crippen LogP contribution in [0, 0.1) is 6.92 Å². The molecule has 0 saturated carbocycles. The fraction of sp³-hybridized carbons (Fsp3) is 0.360. The third kappa shape index (κ3) is 4.63. The Balaban J connectivity index is 1.83. The van der Waals surface area contributed by atoms with E-state index in [0.29, 0.717) is 36.9 Å². The minimum Gasteiger partial charge on any atom is -0.382 e. The second kappa shape index (κ2) is 10.2. The second-order valence-electron chi connectivity index (χ2n) is 8.02. The molecule has 0 fully saturated rings. The molecule has 0 spiro atoms. The number of amides is 2. The zero-order valence-electron chi connectivity index (χ0n) is 19.1. The Hall–Kier alpha value is -2.48. The van der Waals surface area contributed by atoms with Crippen LogP contribution < -0.4 is 10.2 Å². The van der Waals surface area contributed by atoms with Gasteiger partial charge < -0.3 is 14.6 Å². The van der Waals surface area contributed by atoms with Gasteiger partial charge in [-0.2, -0.15) is 0 Å². The summed E-state index contributed by atoms with van der Waals surface area (Å²) < 4.78 is 7.48. The second-order valence-corrected chi connectivity index (χ2v) is 9.42. The van der Waals surface area contributed by atoms with Crippen molar-refractivity contribution in [2.75, 3.05) is 30.4 Å². The minimum atomic E-state index is -0.791. The number of fused-ring (bicyclic) bond motifs is 3. The average molecular weight is 486 g/mol. The zero-order chi connectivity index (χ0) is 23.5. The molecule has 0 saturated heterocycles. The van der Waals surface area contributed by atoms with Crippen LogP contribution in [0.1, 0.15) is 30.5 Å². The number of halogens is 1. The number of nitrogens with zero attached hydrogens (tertiary/aromatic N) is 2. The zero-order valence-corrected chi connectivity index (χ0v) is 20.6. The summed E-state index contributed by atoms with van der Waals surface area (Å²) in [5.74, 6) is -0.0673. The smallest absolute Gasteiger partial charge is 0.247 e. The van der Waals surface area contributed by atoms with E-state index in [-0.39, 0.29) is 17.6 Å². The SMILES string of the molecule is CCOCCCNC(=O)[C@@H]1c2c(n(C)c3ccccc23)SCC(=O)N1c1ccc(Cl)cc1C. The lowest BCUT2D eigenvalue weighted by atomic mass is 10.0. The molecule has 2 heterocycles. The molecule has 6 nitrogen and oxygen atoms in total. The van der Waals surface area contributed by atoms with Crippen LogP contribution in [0.3, 0.4) is 0 Å². The van der Waals surface area contributed by atoms with E-state index in [9.17, 15) is 9.59 Å². The Bertz CT molecular complexity index is 1190. The van der Waals surface area contributed by atoms with Crippen LogP contribution in [-0.4, -0.2) is 41.9 Å². The molecule has 174 valence electrons. The third-order valence-corrected chi connectivity index (χ3v) is 7.25. The van der Waals surface area contributed by atoms with E-state index < -0.39 is 6.04 Å². The number of benzene rings is 2. The molecule has 2 aromatic carbocycles. The van der Waals surface area contributed by atoms with E-state index in [4.69, 9.17) is 16.3 Å². The largest absolute Gasteiger partial charge is 0.382 e. The van der Waals surface area contributed by atoms with Crippen molar-refractivity contribution >= 4 is 51.8 Å². The van der Waals surface area contributed by atoms with Crippen molar-refractivity contribution in [3.05, 3.63) is 58.6 Å². The fourth-order valence-corrected chi connectivity index (χ4v) is 5.64. The monoisotopic (exact) mass is 485 g/mol. The first-order valence-electron chi connectivity index (χ1n) is 11.1. The number of ether oxygens (including phenoxy) is 1. The molecular weight excluding hydrogens is 458 g/mol. The molecule has 1 atom stereocenters. The van der Waals surface area contributed by atoms with E-state index in [2.05, 4.69) is 9.88 Å². The standard InChI is InChI=1S/C25H28ClN3O3S/c1-4-32-13-7-12-27-24(31)23-22-18-8-5-6-9-20(18)28(3)25(22)33-15-21(30)29(23)19-11-10-17(26)14-16(19)2/h5-6,8-11,14,23H,4,7,12-13,15H2,1-3H3,(H,27,31)/t23-/m0/s1. The first-order chi connectivity index (χ1) is 15.9. The van der Waals surface area contributed by atoms with Gasteiger partial charge in [-0.1, -0.05) is 41.6 Å². The number of carbonyl (C=O) groups is 2. The minimum absolute atomic E-state index is 0.111. The van der Waals surface area contributed by atoms with Gasteiger partial charge in [-0.3, -0.25) is 14.5 Å². The van der Waals surface area contributed by atoms with Gasteiger partial charge in [0, 0.05) is 54.0 Å². The molecular formula is C25H28ClN3O3S. The van der Waals surface area contributed by atoms with Gasteiger partial charge in [0.2, 0.25) is 11.8 Å².